The number of rotatable bonds is 7. The highest BCUT2D eigenvalue weighted by atomic mass is 16.5. The van der Waals surface area contributed by atoms with Crippen molar-refractivity contribution in [2.75, 3.05) is 33.1 Å². The molecule has 0 aliphatic heterocycles. The van der Waals surface area contributed by atoms with Gasteiger partial charge in [-0.2, -0.15) is 0 Å². The summed E-state index contributed by atoms with van der Waals surface area (Å²) in [4.78, 5) is 27.5. The molecule has 0 saturated carbocycles. The lowest BCUT2D eigenvalue weighted by molar-refractivity contribution is -0.130. The molecular weight excluding hydrogens is 382 g/mol. The van der Waals surface area contributed by atoms with Gasteiger partial charge in [0, 0.05) is 50.3 Å². The van der Waals surface area contributed by atoms with Gasteiger partial charge in [-0.05, 0) is 18.2 Å². The van der Waals surface area contributed by atoms with Crippen molar-refractivity contribution in [3.8, 4) is 5.75 Å². The fraction of sp³-hybridized carbons (Fsp3) is 0.304. The highest BCUT2D eigenvalue weighted by molar-refractivity contribution is 5.90. The van der Waals surface area contributed by atoms with E-state index in [0.29, 0.717) is 18.0 Å². The van der Waals surface area contributed by atoms with Crippen LogP contribution in [0.15, 0.2) is 52.9 Å². The maximum atomic E-state index is 12.7. The lowest BCUT2D eigenvalue weighted by Crippen LogP contribution is -2.31. The number of hydrogen-bond acceptors (Lipinski definition) is 4. The van der Waals surface area contributed by atoms with Crippen molar-refractivity contribution in [1.29, 1.82) is 0 Å². The number of hydrogen-bond donors (Lipinski definition) is 1. The number of urea groups is 1. The molecule has 30 heavy (non-hydrogen) atoms. The Bertz CT molecular complexity index is 1040. The highest BCUT2D eigenvalue weighted by Crippen LogP contribution is 2.27. The van der Waals surface area contributed by atoms with Gasteiger partial charge in [-0.25, -0.2) is 4.79 Å². The van der Waals surface area contributed by atoms with Gasteiger partial charge in [0.25, 0.3) is 5.91 Å². The average Bonchev–Trinajstić information content (AvgIpc) is 3.09. The third kappa shape index (κ3) is 4.92. The number of aryl methyl sites for hydroxylation is 1. The first-order valence-corrected chi connectivity index (χ1v) is 9.83. The SMILES string of the molecule is CCc1oc2ccccc2c1CN(C)C(=O)Nc1cccc(OCC(=O)N(C)C)c1. The Morgan fingerprint density at radius 3 is 2.57 bits per heavy atom. The van der Waals surface area contributed by atoms with Gasteiger partial charge in [-0.3, -0.25) is 4.79 Å². The normalized spacial score (nSPS) is 10.7. The van der Waals surface area contributed by atoms with Gasteiger partial charge in [-0.1, -0.05) is 31.2 Å². The van der Waals surface area contributed by atoms with Gasteiger partial charge in [0.15, 0.2) is 6.61 Å². The van der Waals surface area contributed by atoms with E-state index in [4.69, 9.17) is 9.15 Å². The first-order chi connectivity index (χ1) is 14.4. The van der Waals surface area contributed by atoms with Crippen molar-refractivity contribution in [1.82, 2.24) is 9.80 Å². The Kier molecular flexibility index (Phi) is 6.61. The lowest BCUT2D eigenvalue weighted by atomic mass is 10.1. The van der Waals surface area contributed by atoms with E-state index in [1.165, 1.54) is 4.90 Å². The van der Waals surface area contributed by atoms with E-state index in [1.54, 1.807) is 50.3 Å². The number of nitrogens with one attached hydrogen (secondary N) is 1. The highest BCUT2D eigenvalue weighted by Gasteiger charge is 2.17. The van der Waals surface area contributed by atoms with Crippen LogP contribution in [-0.2, 0) is 17.8 Å². The predicted molar refractivity (Wildman–Crippen MR) is 117 cm³/mol. The van der Waals surface area contributed by atoms with Crippen LogP contribution in [0.1, 0.15) is 18.2 Å². The van der Waals surface area contributed by atoms with Gasteiger partial charge in [-0.15, -0.1) is 0 Å². The number of para-hydroxylation sites is 1. The lowest BCUT2D eigenvalue weighted by Gasteiger charge is -2.18. The first-order valence-electron chi connectivity index (χ1n) is 9.83. The number of anilines is 1. The van der Waals surface area contributed by atoms with E-state index < -0.39 is 0 Å². The molecule has 3 rings (SSSR count). The van der Waals surface area contributed by atoms with E-state index in [-0.39, 0.29) is 18.5 Å². The van der Waals surface area contributed by atoms with Crippen LogP contribution in [0.25, 0.3) is 11.0 Å². The fourth-order valence-electron chi connectivity index (χ4n) is 3.07. The minimum Gasteiger partial charge on any atom is -0.484 e. The van der Waals surface area contributed by atoms with E-state index >= 15 is 0 Å². The third-order valence-electron chi connectivity index (χ3n) is 4.79. The summed E-state index contributed by atoms with van der Waals surface area (Å²) in [6.07, 6.45) is 0.754. The Morgan fingerprint density at radius 1 is 1.07 bits per heavy atom. The molecule has 3 aromatic rings. The largest absolute Gasteiger partial charge is 0.484 e. The summed E-state index contributed by atoms with van der Waals surface area (Å²) in [5.74, 6) is 1.26. The summed E-state index contributed by atoms with van der Waals surface area (Å²) in [5.41, 5.74) is 2.44. The molecule has 7 nitrogen and oxygen atoms in total. The molecular formula is C23H27N3O4. The standard InChI is InChI=1S/C23H27N3O4/c1-5-20-19(18-11-6-7-12-21(18)30-20)14-26(4)23(28)24-16-9-8-10-17(13-16)29-15-22(27)25(2)3/h6-13H,5,14-15H2,1-4H3,(H,24,28). The minimum atomic E-state index is -0.246. The summed E-state index contributed by atoms with van der Waals surface area (Å²) in [5, 5.41) is 3.89. The second-order valence-corrected chi connectivity index (χ2v) is 7.24. The molecule has 0 bridgehead atoms. The summed E-state index contributed by atoms with van der Waals surface area (Å²) in [6, 6.07) is 14.6. The van der Waals surface area contributed by atoms with E-state index in [2.05, 4.69) is 5.32 Å². The Balaban J connectivity index is 1.67. The molecule has 3 amide bonds. The Hall–Kier alpha value is -3.48. The second kappa shape index (κ2) is 9.35. The molecule has 0 aliphatic rings. The maximum Gasteiger partial charge on any atom is 0.321 e. The van der Waals surface area contributed by atoms with Crippen molar-refractivity contribution in [2.45, 2.75) is 19.9 Å². The number of ether oxygens (including phenoxy) is 1. The molecule has 2 aromatic carbocycles. The van der Waals surface area contributed by atoms with Crippen LogP contribution in [0.3, 0.4) is 0 Å². The van der Waals surface area contributed by atoms with Gasteiger partial charge in [0.2, 0.25) is 0 Å². The molecule has 0 unspecified atom stereocenters. The maximum absolute atomic E-state index is 12.7. The molecule has 1 N–H and O–H groups in total. The number of carbonyl (C=O) groups is 2. The first kappa shape index (κ1) is 21.2. The van der Waals surface area contributed by atoms with Crippen LogP contribution >= 0.6 is 0 Å². The second-order valence-electron chi connectivity index (χ2n) is 7.24. The number of carbonyl (C=O) groups excluding carboxylic acids is 2. The van der Waals surface area contributed by atoms with Gasteiger partial charge >= 0.3 is 6.03 Å². The van der Waals surface area contributed by atoms with Crippen LogP contribution < -0.4 is 10.1 Å². The summed E-state index contributed by atoms with van der Waals surface area (Å²) in [6.45, 7) is 2.41. The molecule has 1 aromatic heterocycles. The van der Waals surface area contributed by atoms with Crippen LogP contribution in [0.2, 0.25) is 0 Å². The van der Waals surface area contributed by atoms with Crippen molar-refractivity contribution in [2.24, 2.45) is 0 Å². The topological polar surface area (TPSA) is 75.0 Å². The molecule has 0 atom stereocenters. The summed E-state index contributed by atoms with van der Waals surface area (Å²) < 4.78 is 11.4. The minimum absolute atomic E-state index is 0.0579. The summed E-state index contributed by atoms with van der Waals surface area (Å²) >= 11 is 0. The van der Waals surface area contributed by atoms with Gasteiger partial charge in [0.1, 0.15) is 17.1 Å². The van der Waals surface area contributed by atoms with Crippen molar-refractivity contribution < 1.29 is 18.7 Å². The monoisotopic (exact) mass is 409 g/mol. The molecule has 0 spiro atoms. The van der Waals surface area contributed by atoms with Gasteiger partial charge < -0.3 is 24.3 Å². The predicted octanol–water partition coefficient (Wildman–Crippen LogP) is 4.13. The smallest absolute Gasteiger partial charge is 0.321 e. The molecule has 7 heteroatoms. The Morgan fingerprint density at radius 2 is 1.83 bits per heavy atom. The number of amides is 3. The molecule has 0 aliphatic carbocycles. The van der Waals surface area contributed by atoms with Crippen LogP contribution in [0.5, 0.6) is 5.75 Å². The fourth-order valence-corrected chi connectivity index (χ4v) is 3.07. The average molecular weight is 409 g/mol. The van der Waals surface area contributed by atoms with Crippen molar-refractivity contribution in [3.63, 3.8) is 0 Å². The zero-order valence-corrected chi connectivity index (χ0v) is 17.8. The van der Waals surface area contributed by atoms with Crippen molar-refractivity contribution >= 4 is 28.6 Å². The number of likely N-dealkylation sites (N-methyl/N-ethyl adjacent to an activating group) is 1. The summed E-state index contributed by atoms with van der Waals surface area (Å²) in [7, 11) is 5.09. The third-order valence-corrected chi connectivity index (χ3v) is 4.79. The molecule has 158 valence electrons. The number of nitrogens with zero attached hydrogens (tertiary/aromatic N) is 2. The Labute approximate surface area is 176 Å². The molecule has 0 fully saturated rings. The van der Waals surface area contributed by atoms with Crippen LogP contribution in [0, 0.1) is 0 Å². The van der Waals surface area contributed by atoms with Crippen LogP contribution in [-0.4, -0.2) is 49.5 Å². The number of furan rings is 1. The van der Waals surface area contributed by atoms with Gasteiger partial charge in [0.05, 0.1) is 6.54 Å². The quantitative estimate of drug-likeness (QED) is 0.637. The van der Waals surface area contributed by atoms with E-state index in [1.807, 2.05) is 31.2 Å². The zero-order valence-electron chi connectivity index (χ0n) is 17.8. The van der Waals surface area contributed by atoms with E-state index in [9.17, 15) is 9.59 Å². The van der Waals surface area contributed by atoms with Crippen LogP contribution in [0.4, 0.5) is 10.5 Å². The molecule has 0 saturated heterocycles. The number of fused-ring (bicyclic) bond motifs is 1. The van der Waals surface area contributed by atoms with E-state index in [0.717, 1.165) is 28.7 Å². The zero-order chi connectivity index (χ0) is 21.7. The number of benzene rings is 2. The molecule has 1 heterocycles. The molecule has 0 radical (unpaired) electrons. The van der Waals surface area contributed by atoms with Crippen molar-refractivity contribution in [3.05, 3.63) is 59.9 Å².